The monoisotopic (exact) mass is 259 g/mol. The number of nitriles is 1. The number of benzene rings is 1. The summed E-state index contributed by atoms with van der Waals surface area (Å²) in [4.78, 5) is 2.29. The van der Waals surface area contributed by atoms with Gasteiger partial charge in [-0.15, -0.1) is 0 Å². The van der Waals surface area contributed by atoms with Crippen molar-refractivity contribution < 1.29 is 4.74 Å². The van der Waals surface area contributed by atoms with Crippen LogP contribution in [-0.2, 0) is 0 Å². The predicted molar refractivity (Wildman–Crippen MR) is 74.8 cm³/mol. The maximum atomic E-state index is 8.71. The van der Waals surface area contributed by atoms with Crippen molar-refractivity contribution >= 4 is 0 Å². The second-order valence-corrected chi connectivity index (χ2v) is 5.11. The Morgan fingerprint density at radius 3 is 2.63 bits per heavy atom. The van der Waals surface area contributed by atoms with Gasteiger partial charge in [-0.25, -0.2) is 0 Å². The summed E-state index contributed by atoms with van der Waals surface area (Å²) in [5.41, 5.74) is 6.47. The molecule has 0 amide bonds. The zero-order valence-corrected chi connectivity index (χ0v) is 11.4. The molecular formula is C15H21N3O. The first-order valence-electron chi connectivity index (χ1n) is 6.78. The molecule has 1 aliphatic rings. The lowest BCUT2D eigenvalue weighted by Gasteiger charge is -2.26. The Bertz CT molecular complexity index is 434. The van der Waals surface area contributed by atoms with Crippen LogP contribution in [0.4, 0.5) is 0 Å². The van der Waals surface area contributed by atoms with Gasteiger partial charge >= 0.3 is 0 Å². The Hall–Kier alpha value is -1.57. The van der Waals surface area contributed by atoms with Crippen molar-refractivity contribution in [3.63, 3.8) is 0 Å². The van der Waals surface area contributed by atoms with E-state index in [2.05, 4.69) is 18.0 Å². The smallest absolute Gasteiger partial charge is 0.119 e. The molecular weight excluding hydrogens is 238 g/mol. The summed E-state index contributed by atoms with van der Waals surface area (Å²) < 4.78 is 5.68. The van der Waals surface area contributed by atoms with E-state index >= 15 is 0 Å². The Morgan fingerprint density at radius 2 is 2.11 bits per heavy atom. The summed E-state index contributed by atoms with van der Waals surface area (Å²) in [6.07, 6.45) is 2.62. The van der Waals surface area contributed by atoms with Crippen LogP contribution in [0.15, 0.2) is 24.3 Å². The fourth-order valence-electron chi connectivity index (χ4n) is 2.31. The molecule has 2 N–H and O–H groups in total. The molecule has 19 heavy (non-hydrogen) atoms. The quantitative estimate of drug-likeness (QED) is 0.808. The Labute approximate surface area is 114 Å². The summed E-state index contributed by atoms with van der Waals surface area (Å²) in [7, 11) is 2.11. The fourth-order valence-corrected chi connectivity index (χ4v) is 2.31. The summed E-state index contributed by atoms with van der Waals surface area (Å²) in [5, 5.41) is 8.71. The topological polar surface area (TPSA) is 62.3 Å². The van der Waals surface area contributed by atoms with Crippen LogP contribution >= 0.6 is 0 Å². The average Bonchev–Trinajstić information content (AvgIpc) is 3.25. The molecule has 0 saturated heterocycles. The molecule has 1 aromatic rings. The molecule has 1 atom stereocenters. The normalized spacial score (nSPS) is 16.1. The summed E-state index contributed by atoms with van der Waals surface area (Å²) in [6, 6.07) is 9.79. The van der Waals surface area contributed by atoms with Crippen LogP contribution in [0, 0.1) is 17.2 Å². The maximum absolute atomic E-state index is 8.71. The van der Waals surface area contributed by atoms with Crippen LogP contribution in [0.25, 0.3) is 0 Å². The molecule has 2 rings (SSSR count). The first-order chi connectivity index (χ1) is 9.24. The Kier molecular flexibility index (Phi) is 4.78. The van der Waals surface area contributed by atoms with Crippen molar-refractivity contribution in [3.8, 4) is 11.8 Å². The summed E-state index contributed by atoms with van der Waals surface area (Å²) in [6.45, 7) is 2.24. The first kappa shape index (κ1) is 13.9. The van der Waals surface area contributed by atoms with E-state index in [4.69, 9.17) is 15.7 Å². The van der Waals surface area contributed by atoms with Crippen LogP contribution in [0.3, 0.4) is 0 Å². The Balaban J connectivity index is 1.74. The van der Waals surface area contributed by atoms with Gasteiger partial charge in [0.1, 0.15) is 12.4 Å². The molecule has 1 aliphatic carbocycles. The molecule has 0 radical (unpaired) electrons. The molecule has 0 heterocycles. The van der Waals surface area contributed by atoms with Gasteiger partial charge in [0.2, 0.25) is 0 Å². The van der Waals surface area contributed by atoms with Gasteiger partial charge in [-0.1, -0.05) is 0 Å². The third kappa shape index (κ3) is 3.95. The number of hydrogen-bond acceptors (Lipinski definition) is 4. The van der Waals surface area contributed by atoms with Gasteiger partial charge in [-0.2, -0.15) is 5.26 Å². The lowest BCUT2D eigenvalue weighted by atomic mass is 10.1. The molecule has 4 nitrogen and oxygen atoms in total. The van der Waals surface area contributed by atoms with Gasteiger partial charge in [0.25, 0.3) is 0 Å². The number of nitrogens with zero attached hydrogens (tertiary/aromatic N) is 2. The molecule has 102 valence electrons. The molecule has 4 heteroatoms. The second-order valence-electron chi connectivity index (χ2n) is 5.11. The summed E-state index contributed by atoms with van der Waals surface area (Å²) in [5.74, 6) is 1.59. The van der Waals surface area contributed by atoms with Crippen LogP contribution in [0.1, 0.15) is 18.4 Å². The van der Waals surface area contributed by atoms with Gasteiger partial charge in [0.15, 0.2) is 0 Å². The van der Waals surface area contributed by atoms with E-state index in [0.29, 0.717) is 18.2 Å². The van der Waals surface area contributed by atoms with E-state index in [-0.39, 0.29) is 0 Å². The fraction of sp³-hybridized carbons (Fsp3) is 0.533. The molecule has 1 saturated carbocycles. The second kappa shape index (κ2) is 6.55. The number of ether oxygens (including phenoxy) is 1. The van der Waals surface area contributed by atoms with Crippen molar-refractivity contribution in [2.45, 2.75) is 18.9 Å². The van der Waals surface area contributed by atoms with E-state index in [1.54, 1.807) is 12.1 Å². The Morgan fingerprint density at radius 1 is 1.42 bits per heavy atom. The van der Waals surface area contributed by atoms with Crippen LogP contribution in [0.5, 0.6) is 5.75 Å². The van der Waals surface area contributed by atoms with Crippen LogP contribution < -0.4 is 10.5 Å². The van der Waals surface area contributed by atoms with Crippen molar-refractivity contribution in [2.75, 3.05) is 26.7 Å². The summed E-state index contributed by atoms with van der Waals surface area (Å²) >= 11 is 0. The molecule has 1 unspecified atom stereocenters. The molecule has 0 aromatic heterocycles. The highest BCUT2D eigenvalue weighted by Crippen LogP contribution is 2.34. The highest BCUT2D eigenvalue weighted by atomic mass is 16.5. The van der Waals surface area contributed by atoms with Gasteiger partial charge in [-0.3, -0.25) is 4.90 Å². The third-order valence-electron chi connectivity index (χ3n) is 3.67. The SMILES string of the molecule is CN(CCOc1ccc(C#N)cc1)C(CN)C1CC1. The minimum absolute atomic E-state index is 0.490. The maximum Gasteiger partial charge on any atom is 0.119 e. The zero-order valence-electron chi connectivity index (χ0n) is 11.4. The van der Waals surface area contributed by atoms with E-state index in [0.717, 1.165) is 24.8 Å². The molecule has 1 aromatic carbocycles. The average molecular weight is 259 g/mol. The van der Waals surface area contributed by atoms with Gasteiger partial charge in [-0.05, 0) is 50.1 Å². The third-order valence-corrected chi connectivity index (χ3v) is 3.67. The lowest BCUT2D eigenvalue weighted by molar-refractivity contribution is 0.180. The highest BCUT2D eigenvalue weighted by Gasteiger charge is 2.32. The molecule has 0 aliphatic heterocycles. The standard InChI is InChI=1S/C15H21N3O/c1-18(15(11-17)13-4-5-13)8-9-19-14-6-2-12(10-16)3-7-14/h2-3,6-7,13,15H,4-5,8-9,11,17H2,1H3. The molecule has 1 fully saturated rings. The first-order valence-corrected chi connectivity index (χ1v) is 6.78. The van der Waals surface area contributed by atoms with Gasteiger partial charge in [0.05, 0.1) is 11.6 Å². The number of nitrogens with two attached hydrogens (primary N) is 1. The number of likely N-dealkylation sites (N-methyl/N-ethyl adjacent to an activating group) is 1. The van der Waals surface area contributed by atoms with E-state index in [9.17, 15) is 0 Å². The predicted octanol–water partition coefficient (Wildman–Crippen LogP) is 1.61. The largest absolute Gasteiger partial charge is 0.492 e. The van der Waals surface area contributed by atoms with Crippen molar-refractivity contribution in [3.05, 3.63) is 29.8 Å². The lowest BCUT2D eigenvalue weighted by Crippen LogP contribution is -2.41. The van der Waals surface area contributed by atoms with Crippen molar-refractivity contribution in [1.29, 1.82) is 5.26 Å². The number of rotatable bonds is 7. The van der Waals surface area contributed by atoms with Gasteiger partial charge < -0.3 is 10.5 Å². The van der Waals surface area contributed by atoms with E-state index in [1.807, 2.05) is 12.1 Å². The van der Waals surface area contributed by atoms with E-state index in [1.165, 1.54) is 12.8 Å². The highest BCUT2D eigenvalue weighted by molar-refractivity contribution is 5.34. The minimum Gasteiger partial charge on any atom is -0.492 e. The molecule has 0 bridgehead atoms. The molecule has 0 spiro atoms. The van der Waals surface area contributed by atoms with Gasteiger partial charge in [0, 0.05) is 19.1 Å². The number of hydrogen-bond donors (Lipinski definition) is 1. The van der Waals surface area contributed by atoms with Crippen molar-refractivity contribution in [1.82, 2.24) is 4.90 Å². The zero-order chi connectivity index (χ0) is 13.7. The van der Waals surface area contributed by atoms with Crippen LogP contribution in [0.2, 0.25) is 0 Å². The van der Waals surface area contributed by atoms with Crippen LogP contribution in [-0.4, -0.2) is 37.7 Å². The van der Waals surface area contributed by atoms with Crippen molar-refractivity contribution in [2.24, 2.45) is 11.7 Å². The minimum atomic E-state index is 0.490. The van der Waals surface area contributed by atoms with E-state index < -0.39 is 0 Å².